The van der Waals surface area contributed by atoms with Crippen molar-refractivity contribution in [2.45, 2.75) is 26.1 Å². The molecule has 10 heteroatoms. The van der Waals surface area contributed by atoms with Gasteiger partial charge in [0.1, 0.15) is 0 Å². The van der Waals surface area contributed by atoms with E-state index in [1.54, 1.807) is 19.2 Å². The zero-order chi connectivity index (χ0) is 27.8. The Balaban J connectivity index is 1.37. The molecule has 210 valence electrons. The molecule has 1 fully saturated rings. The number of anilines is 1. The molecule has 1 amide bonds. The van der Waals surface area contributed by atoms with Gasteiger partial charge in [0.25, 0.3) is 5.91 Å². The van der Waals surface area contributed by atoms with Gasteiger partial charge in [0.05, 0.1) is 18.8 Å². The summed E-state index contributed by atoms with van der Waals surface area (Å²) in [4.78, 5) is 21.1. The summed E-state index contributed by atoms with van der Waals surface area (Å²) in [6.45, 7) is 11.2. The number of benzene rings is 2. The zero-order valence-electron chi connectivity index (χ0n) is 23.0. The molecule has 1 atom stereocenters. The van der Waals surface area contributed by atoms with Crippen molar-refractivity contribution in [2.24, 2.45) is 10.7 Å². The van der Waals surface area contributed by atoms with Crippen LogP contribution in [0, 0.1) is 19.7 Å². The van der Waals surface area contributed by atoms with Gasteiger partial charge in [-0.2, -0.15) is 0 Å². The molecule has 2 aliphatic heterocycles. The molecule has 39 heavy (non-hydrogen) atoms. The van der Waals surface area contributed by atoms with Gasteiger partial charge in [-0.25, -0.2) is 9.38 Å². The first-order valence-electron chi connectivity index (χ1n) is 13.3. The largest absolute Gasteiger partial charge is 0.490 e. The number of amides is 1. The third-order valence-electron chi connectivity index (χ3n) is 7.17. The molecular weight excluding hydrogens is 499 g/mol. The highest BCUT2D eigenvalue weighted by Crippen LogP contribution is 2.33. The predicted molar refractivity (Wildman–Crippen MR) is 151 cm³/mol. The summed E-state index contributed by atoms with van der Waals surface area (Å²) >= 11 is 0. The Hall–Kier alpha value is -3.47. The van der Waals surface area contributed by atoms with Crippen LogP contribution in [0.3, 0.4) is 0 Å². The van der Waals surface area contributed by atoms with Crippen molar-refractivity contribution in [2.75, 3.05) is 64.9 Å². The Morgan fingerprint density at radius 2 is 1.79 bits per heavy atom. The highest BCUT2D eigenvalue weighted by Gasteiger charge is 2.35. The first-order valence-corrected chi connectivity index (χ1v) is 13.3. The van der Waals surface area contributed by atoms with Crippen LogP contribution in [-0.4, -0.2) is 81.5 Å². The Kier molecular flexibility index (Phi) is 9.55. The lowest BCUT2D eigenvalue weighted by atomic mass is 9.95. The maximum atomic E-state index is 15.1. The minimum absolute atomic E-state index is 0.210. The third-order valence-corrected chi connectivity index (χ3v) is 7.17. The number of hydrogen-bond donors (Lipinski definition) is 3. The van der Waals surface area contributed by atoms with Crippen LogP contribution in [0.25, 0.3) is 0 Å². The van der Waals surface area contributed by atoms with Gasteiger partial charge >= 0.3 is 0 Å². The van der Waals surface area contributed by atoms with E-state index in [0.717, 1.165) is 69.0 Å². The minimum Gasteiger partial charge on any atom is -0.490 e. The molecular formula is C29H39FN6O3. The maximum absolute atomic E-state index is 15.1. The Bertz CT molecular complexity index is 1190. The molecule has 0 spiro atoms. The smallest absolute Gasteiger partial charge is 0.251 e. The SMILES string of the molecule is COCCN1CCN(CCCOc2ccc(NC3(c4c(C)cccc4C)N=CC(C(N)=O)=CN3)cc2F)CC1. The number of aryl methyl sites for hydroxylation is 2. The van der Waals surface area contributed by atoms with E-state index in [-0.39, 0.29) is 11.3 Å². The average Bonchev–Trinajstić information content (AvgIpc) is 2.92. The Morgan fingerprint density at radius 1 is 1.10 bits per heavy atom. The number of methoxy groups -OCH3 is 1. The number of rotatable bonds is 12. The molecule has 0 aliphatic carbocycles. The van der Waals surface area contributed by atoms with E-state index in [0.29, 0.717) is 12.3 Å². The summed E-state index contributed by atoms with van der Waals surface area (Å²) < 4.78 is 26.0. The highest BCUT2D eigenvalue weighted by atomic mass is 19.1. The van der Waals surface area contributed by atoms with E-state index in [4.69, 9.17) is 15.2 Å². The number of carbonyl (C=O) groups is 1. The van der Waals surface area contributed by atoms with Gasteiger partial charge in [0.15, 0.2) is 11.6 Å². The van der Waals surface area contributed by atoms with E-state index in [1.165, 1.54) is 18.5 Å². The quantitative estimate of drug-likeness (QED) is 0.357. The fourth-order valence-corrected chi connectivity index (χ4v) is 5.04. The molecule has 2 aromatic carbocycles. The lowest BCUT2D eigenvalue weighted by molar-refractivity contribution is -0.114. The summed E-state index contributed by atoms with van der Waals surface area (Å²) in [6.07, 6.45) is 3.78. The van der Waals surface area contributed by atoms with E-state index < -0.39 is 17.5 Å². The van der Waals surface area contributed by atoms with Crippen LogP contribution in [0.15, 0.2) is 53.2 Å². The van der Waals surface area contributed by atoms with Crippen molar-refractivity contribution in [3.63, 3.8) is 0 Å². The highest BCUT2D eigenvalue weighted by molar-refractivity contribution is 6.11. The fourth-order valence-electron chi connectivity index (χ4n) is 5.04. The number of halogens is 1. The summed E-state index contributed by atoms with van der Waals surface area (Å²) in [5, 5.41) is 6.52. The standard InChI is InChI=1S/C29H39FN6O3/c1-21-6-4-7-22(2)27(21)29(32-19-23(20-33-29)28(31)37)34-24-8-9-26(25(30)18-24)39-16-5-10-35-11-13-36(14-12-35)15-17-38-3/h4,6-9,18-20,32,34H,5,10-17H2,1-3H3,(H2,31,37). The number of piperazine rings is 1. The van der Waals surface area contributed by atoms with Crippen LogP contribution in [0.1, 0.15) is 23.1 Å². The average molecular weight is 539 g/mol. The molecule has 0 radical (unpaired) electrons. The number of aliphatic imine (C=N–C) groups is 1. The second kappa shape index (κ2) is 13.1. The van der Waals surface area contributed by atoms with E-state index in [1.807, 2.05) is 32.0 Å². The molecule has 2 aromatic rings. The molecule has 4 rings (SSSR count). The van der Waals surface area contributed by atoms with Crippen molar-refractivity contribution in [3.05, 3.63) is 70.7 Å². The lowest BCUT2D eigenvalue weighted by Gasteiger charge is -2.37. The maximum Gasteiger partial charge on any atom is 0.251 e. The van der Waals surface area contributed by atoms with Crippen molar-refractivity contribution >= 4 is 17.8 Å². The van der Waals surface area contributed by atoms with Gasteiger partial charge in [-0.05, 0) is 43.5 Å². The topological polar surface area (TPSA) is 104 Å². The normalized spacial score (nSPS) is 19.8. The van der Waals surface area contributed by atoms with Gasteiger partial charge in [-0.3, -0.25) is 9.69 Å². The minimum atomic E-state index is -1.14. The number of nitrogens with zero attached hydrogens (tertiary/aromatic N) is 3. The van der Waals surface area contributed by atoms with E-state index >= 15 is 4.39 Å². The molecule has 1 unspecified atom stereocenters. The first kappa shape index (κ1) is 28.5. The Morgan fingerprint density at radius 3 is 2.38 bits per heavy atom. The van der Waals surface area contributed by atoms with Crippen molar-refractivity contribution < 1.29 is 18.7 Å². The lowest BCUT2D eigenvalue weighted by Crippen LogP contribution is -2.48. The number of carbonyl (C=O) groups excluding carboxylic acids is 1. The summed E-state index contributed by atoms with van der Waals surface area (Å²) in [5.41, 5.74) is 9.03. The molecule has 4 N–H and O–H groups in total. The van der Waals surface area contributed by atoms with Crippen LogP contribution in [-0.2, 0) is 15.3 Å². The van der Waals surface area contributed by atoms with Gasteiger partial charge in [-0.15, -0.1) is 0 Å². The first-order chi connectivity index (χ1) is 18.8. The number of ether oxygens (including phenoxy) is 2. The number of nitrogens with one attached hydrogen (secondary N) is 2. The second-order valence-electron chi connectivity index (χ2n) is 9.99. The zero-order valence-corrected chi connectivity index (χ0v) is 23.0. The molecule has 1 saturated heterocycles. The van der Waals surface area contributed by atoms with Gasteiger partial charge in [0.2, 0.25) is 5.79 Å². The third kappa shape index (κ3) is 7.14. The molecule has 2 heterocycles. The number of hydrogen-bond acceptors (Lipinski definition) is 8. The monoisotopic (exact) mass is 538 g/mol. The molecule has 0 aromatic heterocycles. The molecule has 2 aliphatic rings. The van der Waals surface area contributed by atoms with Crippen LogP contribution < -0.4 is 21.1 Å². The predicted octanol–water partition coefficient (Wildman–Crippen LogP) is 2.74. The second-order valence-corrected chi connectivity index (χ2v) is 9.99. The van der Waals surface area contributed by atoms with Gasteiger partial charge in [0, 0.05) is 76.1 Å². The van der Waals surface area contributed by atoms with Crippen LogP contribution in [0.2, 0.25) is 0 Å². The van der Waals surface area contributed by atoms with Crippen molar-refractivity contribution in [1.29, 1.82) is 0 Å². The number of primary amides is 1. The van der Waals surface area contributed by atoms with Crippen molar-refractivity contribution in [1.82, 2.24) is 15.1 Å². The summed E-state index contributed by atoms with van der Waals surface area (Å²) in [7, 11) is 1.73. The van der Waals surface area contributed by atoms with Crippen LogP contribution in [0.4, 0.5) is 10.1 Å². The summed E-state index contributed by atoms with van der Waals surface area (Å²) in [6, 6.07) is 10.7. The van der Waals surface area contributed by atoms with Gasteiger partial charge in [-0.1, -0.05) is 18.2 Å². The van der Waals surface area contributed by atoms with Gasteiger partial charge < -0.3 is 30.7 Å². The van der Waals surface area contributed by atoms with E-state index in [9.17, 15) is 4.79 Å². The van der Waals surface area contributed by atoms with Crippen LogP contribution in [0.5, 0.6) is 5.75 Å². The fraction of sp³-hybridized carbons (Fsp3) is 0.448. The van der Waals surface area contributed by atoms with Crippen LogP contribution >= 0.6 is 0 Å². The van der Waals surface area contributed by atoms with Crippen molar-refractivity contribution in [3.8, 4) is 5.75 Å². The molecule has 9 nitrogen and oxygen atoms in total. The Labute approximate surface area is 229 Å². The number of nitrogens with two attached hydrogens (primary N) is 1. The molecule has 0 bridgehead atoms. The molecule has 0 saturated carbocycles. The van der Waals surface area contributed by atoms with E-state index in [2.05, 4.69) is 25.4 Å². The summed E-state index contributed by atoms with van der Waals surface area (Å²) in [5.74, 6) is -1.98.